The molecule has 3 saturated heterocycles. The Hall–Kier alpha value is -2.22. The fourth-order valence-electron chi connectivity index (χ4n) is 4.98. The van der Waals surface area contributed by atoms with E-state index < -0.39 is 0 Å². The van der Waals surface area contributed by atoms with Crippen molar-refractivity contribution in [1.82, 2.24) is 4.90 Å². The first kappa shape index (κ1) is 16.3. The highest BCUT2D eigenvalue weighted by molar-refractivity contribution is 5.82. The minimum atomic E-state index is 0.126. The molecule has 0 unspecified atom stereocenters. The number of ketones is 1. The lowest BCUT2D eigenvalue weighted by molar-refractivity contribution is -0.123. The van der Waals surface area contributed by atoms with Crippen LogP contribution in [-0.2, 0) is 4.79 Å². The molecule has 0 saturated carbocycles. The highest BCUT2D eigenvalue weighted by atomic mass is 16.5. The summed E-state index contributed by atoms with van der Waals surface area (Å²) in [6.45, 7) is 1.72. The number of anilines is 1. The molecule has 5 heteroatoms. The van der Waals surface area contributed by atoms with Gasteiger partial charge in [-0.3, -0.25) is 4.79 Å². The number of benzene rings is 1. The minimum Gasteiger partial charge on any atom is -0.497 e. The predicted molar refractivity (Wildman–Crippen MR) is 95.3 cm³/mol. The van der Waals surface area contributed by atoms with Gasteiger partial charge in [0.2, 0.25) is 0 Å². The molecule has 0 N–H and O–H groups in total. The van der Waals surface area contributed by atoms with Gasteiger partial charge in [-0.2, -0.15) is 5.26 Å². The maximum atomic E-state index is 12.8. The Morgan fingerprint density at radius 3 is 3.00 bits per heavy atom. The highest BCUT2D eigenvalue weighted by Crippen LogP contribution is 2.43. The molecule has 3 aliphatic rings. The van der Waals surface area contributed by atoms with Gasteiger partial charge in [0.1, 0.15) is 11.5 Å². The molecule has 0 aliphatic carbocycles. The quantitative estimate of drug-likeness (QED) is 0.772. The van der Waals surface area contributed by atoms with Crippen LogP contribution in [0.1, 0.15) is 32.1 Å². The second-order valence-electron chi connectivity index (χ2n) is 7.61. The Morgan fingerprint density at radius 2 is 2.24 bits per heavy atom. The van der Waals surface area contributed by atoms with Crippen LogP contribution < -0.4 is 9.64 Å². The van der Waals surface area contributed by atoms with E-state index >= 15 is 0 Å². The van der Waals surface area contributed by atoms with E-state index in [9.17, 15) is 10.1 Å². The zero-order valence-corrected chi connectivity index (χ0v) is 14.7. The molecule has 3 fully saturated rings. The first-order chi connectivity index (χ1) is 12.2. The third kappa shape index (κ3) is 2.95. The fourth-order valence-corrected chi connectivity index (χ4v) is 4.98. The van der Waals surface area contributed by atoms with E-state index in [1.54, 1.807) is 7.11 Å². The van der Waals surface area contributed by atoms with Crippen LogP contribution >= 0.6 is 0 Å². The molecule has 25 heavy (non-hydrogen) atoms. The van der Waals surface area contributed by atoms with Crippen molar-refractivity contribution in [3.63, 3.8) is 0 Å². The number of hydrogen-bond acceptors (Lipinski definition) is 5. The third-order valence-electron chi connectivity index (χ3n) is 6.31. The number of fused-ring (bicyclic) bond motifs is 2. The van der Waals surface area contributed by atoms with Gasteiger partial charge in [0.25, 0.3) is 0 Å². The van der Waals surface area contributed by atoms with Crippen molar-refractivity contribution in [1.29, 1.82) is 5.26 Å². The number of hydrogen-bond donors (Lipinski definition) is 0. The van der Waals surface area contributed by atoms with Gasteiger partial charge in [-0.15, -0.1) is 0 Å². The van der Waals surface area contributed by atoms with E-state index in [1.807, 2.05) is 23.1 Å². The molecular weight excluding hydrogens is 314 g/mol. The average molecular weight is 339 g/mol. The third-order valence-corrected chi connectivity index (χ3v) is 6.31. The molecule has 5 nitrogen and oxygen atoms in total. The lowest BCUT2D eigenvalue weighted by Gasteiger charge is -2.22. The normalized spacial score (nSPS) is 30.6. The first-order valence-corrected chi connectivity index (χ1v) is 9.29. The number of Topliss-reactive ketones (excluding diaryl/α,β-unsaturated/α-hetero) is 1. The largest absolute Gasteiger partial charge is 0.497 e. The van der Waals surface area contributed by atoms with Crippen molar-refractivity contribution in [2.45, 2.75) is 44.2 Å². The van der Waals surface area contributed by atoms with Gasteiger partial charge in [0.15, 0.2) is 6.19 Å². The maximum Gasteiger partial charge on any atom is 0.179 e. The van der Waals surface area contributed by atoms with Gasteiger partial charge in [-0.25, -0.2) is 0 Å². The molecule has 132 valence electrons. The van der Waals surface area contributed by atoms with E-state index in [1.165, 1.54) is 0 Å². The molecule has 0 aromatic heterocycles. The van der Waals surface area contributed by atoms with Crippen LogP contribution in [0.25, 0.3) is 0 Å². The Balaban J connectivity index is 1.36. The highest BCUT2D eigenvalue weighted by Gasteiger charge is 2.47. The van der Waals surface area contributed by atoms with Gasteiger partial charge in [-0.05, 0) is 43.7 Å². The lowest BCUT2D eigenvalue weighted by atomic mass is 9.83. The minimum absolute atomic E-state index is 0.126. The van der Waals surface area contributed by atoms with Crippen LogP contribution in [0, 0.1) is 23.3 Å². The van der Waals surface area contributed by atoms with Crippen LogP contribution in [0.4, 0.5) is 5.69 Å². The predicted octanol–water partition coefficient (Wildman–Crippen LogP) is 2.81. The van der Waals surface area contributed by atoms with Crippen LogP contribution in [0.15, 0.2) is 24.3 Å². The van der Waals surface area contributed by atoms with Crippen molar-refractivity contribution in [2.75, 3.05) is 25.1 Å². The van der Waals surface area contributed by atoms with E-state index in [2.05, 4.69) is 17.2 Å². The summed E-state index contributed by atoms with van der Waals surface area (Å²) in [4.78, 5) is 17.1. The van der Waals surface area contributed by atoms with Gasteiger partial charge < -0.3 is 14.5 Å². The van der Waals surface area contributed by atoms with Crippen molar-refractivity contribution < 1.29 is 9.53 Å². The van der Waals surface area contributed by atoms with Crippen LogP contribution in [0.5, 0.6) is 5.75 Å². The molecule has 0 amide bonds. The summed E-state index contributed by atoms with van der Waals surface area (Å²) in [7, 11) is 1.68. The van der Waals surface area contributed by atoms with Gasteiger partial charge in [0.05, 0.1) is 7.11 Å². The second kappa shape index (κ2) is 6.59. The fraction of sp³-hybridized carbons (Fsp3) is 0.600. The summed E-state index contributed by atoms with van der Waals surface area (Å²) in [6.07, 6.45) is 7.14. The number of methoxy groups -OCH3 is 1. The molecule has 3 heterocycles. The zero-order valence-electron chi connectivity index (χ0n) is 14.7. The first-order valence-electron chi connectivity index (χ1n) is 9.29. The van der Waals surface area contributed by atoms with Gasteiger partial charge in [-0.1, -0.05) is 6.07 Å². The van der Waals surface area contributed by atoms with Gasteiger partial charge >= 0.3 is 0 Å². The van der Waals surface area contributed by atoms with Crippen LogP contribution in [0.2, 0.25) is 0 Å². The summed E-state index contributed by atoms with van der Waals surface area (Å²) >= 11 is 0. The Morgan fingerprint density at radius 1 is 1.36 bits per heavy atom. The van der Waals surface area contributed by atoms with E-state index in [4.69, 9.17) is 4.74 Å². The molecular formula is C20H25N3O2. The van der Waals surface area contributed by atoms with Gasteiger partial charge in [0, 0.05) is 49.3 Å². The Kier molecular flexibility index (Phi) is 4.29. The smallest absolute Gasteiger partial charge is 0.179 e. The molecule has 0 radical (unpaired) electrons. The summed E-state index contributed by atoms with van der Waals surface area (Å²) < 4.78 is 5.30. The summed E-state index contributed by atoms with van der Waals surface area (Å²) in [5.74, 6) is 1.75. The lowest BCUT2D eigenvalue weighted by Crippen LogP contribution is -2.29. The molecule has 1 aromatic carbocycles. The van der Waals surface area contributed by atoms with E-state index in [0.29, 0.717) is 30.2 Å². The average Bonchev–Trinajstić information content (AvgIpc) is 3.35. The monoisotopic (exact) mass is 339 g/mol. The number of carbonyl (C=O) groups excluding carboxylic acids is 1. The van der Waals surface area contributed by atoms with Crippen LogP contribution in [0.3, 0.4) is 0 Å². The van der Waals surface area contributed by atoms with Crippen LogP contribution in [-0.4, -0.2) is 43.0 Å². The molecule has 0 spiro atoms. The van der Waals surface area contributed by atoms with Crippen molar-refractivity contribution >= 4 is 11.5 Å². The van der Waals surface area contributed by atoms with E-state index in [0.717, 1.165) is 50.2 Å². The Bertz CT molecular complexity index is 698. The number of rotatable bonds is 5. The zero-order chi connectivity index (χ0) is 17.4. The van der Waals surface area contributed by atoms with Crippen molar-refractivity contribution in [3.8, 4) is 11.9 Å². The Labute approximate surface area is 149 Å². The van der Waals surface area contributed by atoms with Crippen molar-refractivity contribution in [3.05, 3.63) is 24.3 Å². The second-order valence-corrected chi connectivity index (χ2v) is 7.61. The SMILES string of the molecule is COc1cccc(N2CC[C@H](C(=O)C[C@@H]3C[C@@H]4CC[C@H]3N4C#N)C2)c1. The molecule has 3 aliphatic heterocycles. The van der Waals surface area contributed by atoms with Crippen molar-refractivity contribution in [2.24, 2.45) is 11.8 Å². The molecule has 1 aromatic rings. The topological polar surface area (TPSA) is 56.6 Å². The standard InChI is InChI=1S/C20H25N3O2/c1-25-18-4-2-3-16(11-18)22-8-7-14(12-22)20(24)10-15-9-17-5-6-19(15)23(17)13-21/h2-4,11,14-15,17,19H,5-10,12H2,1H3/t14-,15-,17-,19+/m0/s1. The molecule has 2 bridgehead atoms. The summed E-state index contributed by atoms with van der Waals surface area (Å²) in [5.41, 5.74) is 1.13. The number of ether oxygens (including phenoxy) is 1. The molecule has 4 atom stereocenters. The maximum absolute atomic E-state index is 12.8. The number of carbonyl (C=O) groups is 1. The molecule has 4 rings (SSSR count). The summed E-state index contributed by atoms with van der Waals surface area (Å²) in [5, 5.41) is 9.29. The number of nitriles is 1. The van der Waals surface area contributed by atoms with E-state index in [-0.39, 0.29) is 5.92 Å². The number of nitrogens with zero attached hydrogens (tertiary/aromatic N) is 3. The summed E-state index contributed by atoms with van der Waals surface area (Å²) in [6, 6.07) is 8.76.